The molecule has 0 aliphatic rings. The molecule has 0 saturated carbocycles. The van der Waals surface area contributed by atoms with Crippen LogP contribution in [-0.4, -0.2) is 22.5 Å². The van der Waals surface area contributed by atoms with Crippen LogP contribution in [0.4, 0.5) is 0 Å². The van der Waals surface area contributed by atoms with Gasteiger partial charge in [-0.15, -0.1) is 0 Å². The van der Waals surface area contributed by atoms with Crippen molar-refractivity contribution in [3.05, 3.63) is 0 Å². The SMILES string of the molecule is CCCCCC(=O)NC(C)(C)C(C)(C)C(=O)O. The van der Waals surface area contributed by atoms with Crippen LogP contribution in [0.2, 0.25) is 0 Å². The lowest BCUT2D eigenvalue weighted by Gasteiger charge is -2.38. The van der Waals surface area contributed by atoms with Crippen molar-refractivity contribution in [2.24, 2.45) is 5.41 Å². The number of hydrogen-bond donors (Lipinski definition) is 2. The lowest BCUT2D eigenvalue weighted by atomic mass is 9.74. The van der Waals surface area contributed by atoms with Crippen molar-refractivity contribution in [1.29, 1.82) is 0 Å². The molecule has 0 atom stereocenters. The second-order valence-corrected chi connectivity index (χ2v) is 5.56. The van der Waals surface area contributed by atoms with Gasteiger partial charge in [-0.1, -0.05) is 19.8 Å². The van der Waals surface area contributed by atoms with Gasteiger partial charge in [0.1, 0.15) is 0 Å². The molecule has 0 aromatic heterocycles. The number of carbonyl (C=O) groups excluding carboxylic acids is 1. The van der Waals surface area contributed by atoms with Gasteiger partial charge in [0.2, 0.25) is 5.91 Å². The fourth-order valence-corrected chi connectivity index (χ4v) is 1.37. The summed E-state index contributed by atoms with van der Waals surface area (Å²) in [7, 11) is 0. The monoisotopic (exact) mass is 243 g/mol. The highest BCUT2D eigenvalue weighted by Gasteiger charge is 2.44. The molecule has 0 spiro atoms. The molecule has 0 heterocycles. The highest BCUT2D eigenvalue weighted by molar-refractivity contribution is 5.80. The van der Waals surface area contributed by atoms with Crippen LogP contribution in [0.25, 0.3) is 0 Å². The maximum Gasteiger partial charge on any atom is 0.311 e. The largest absolute Gasteiger partial charge is 0.481 e. The van der Waals surface area contributed by atoms with Crippen LogP contribution in [0.3, 0.4) is 0 Å². The number of carboxylic acids is 1. The summed E-state index contributed by atoms with van der Waals surface area (Å²) >= 11 is 0. The summed E-state index contributed by atoms with van der Waals surface area (Å²) in [4.78, 5) is 22.9. The number of carbonyl (C=O) groups is 2. The molecule has 0 fully saturated rings. The van der Waals surface area contributed by atoms with Crippen LogP contribution < -0.4 is 5.32 Å². The van der Waals surface area contributed by atoms with Gasteiger partial charge in [0.25, 0.3) is 0 Å². The van der Waals surface area contributed by atoms with Gasteiger partial charge in [0, 0.05) is 12.0 Å². The Bertz CT molecular complexity index is 282. The summed E-state index contributed by atoms with van der Waals surface area (Å²) in [5, 5.41) is 12.0. The van der Waals surface area contributed by atoms with Crippen LogP contribution in [0, 0.1) is 5.41 Å². The highest BCUT2D eigenvalue weighted by atomic mass is 16.4. The quantitative estimate of drug-likeness (QED) is 0.675. The third-order valence-electron chi connectivity index (χ3n) is 3.56. The molecule has 0 unspecified atom stereocenters. The van der Waals surface area contributed by atoms with E-state index < -0.39 is 16.9 Å². The van der Waals surface area contributed by atoms with Gasteiger partial charge < -0.3 is 10.4 Å². The molecule has 0 radical (unpaired) electrons. The zero-order valence-corrected chi connectivity index (χ0v) is 11.6. The molecule has 4 nitrogen and oxygen atoms in total. The fourth-order valence-electron chi connectivity index (χ4n) is 1.37. The number of rotatable bonds is 7. The average molecular weight is 243 g/mol. The normalized spacial score (nSPS) is 12.3. The Hall–Kier alpha value is -1.06. The molecule has 0 aliphatic carbocycles. The molecule has 0 saturated heterocycles. The topological polar surface area (TPSA) is 66.4 Å². The maximum atomic E-state index is 11.7. The third kappa shape index (κ3) is 4.36. The third-order valence-corrected chi connectivity index (χ3v) is 3.56. The molecule has 100 valence electrons. The van der Waals surface area contributed by atoms with Crippen molar-refractivity contribution in [3.63, 3.8) is 0 Å². The van der Waals surface area contributed by atoms with Crippen LogP contribution in [0.1, 0.15) is 60.3 Å². The number of unbranched alkanes of at least 4 members (excludes halogenated alkanes) is 2. The molecule has 0 aromatic rings. The molecule has 0 rings (SSSR count). The van der Waals surface area contributed by atoms with E-state index >= 15 is 0 Å². The van der Waals surface area contributed by atoms with Crippen LogP contribution in [0.15, 0.2) is 0 Å². The first-order valence-corrected chi connectivity index (χ1v) is 6.19. The van der Waals surface area contributed by atoms with Crippen molar-refractivity contribution < 1.29 is 14.7 Å². The number of aliphatic carboxylic acids is 1. The van der Waals surface area contributed by atoms with Gasteiger partial charge in [-0.25, -0.2) is 0 Å². The molecule has 17 heavy (non-hydrogen) atoms. The second kappa shape index (κ2) is 6.03. The Morgan fingerprint density at radius 3 is 2.06 bits per heavy atom. The molecule has 4 heteroatoms. The summed E-state index contributed by atoms with van der Waals surface area (Å²) in [6.07, 6.45) is 3.41. The Labute approximate surface area is 104 Å². The molecular formula is C13H25NO3. The van der Waals surface area contributed by atoms with Crippen molar-refractivity contribution in [3.8, 4) is 0 Å². The van der Waals surface area contributed by atoms with Gasteiger partial charge in [-0.3, -0.25) is 9.59 Å². The van der Waals surface area contributed by atoms with E-state index in [4.69, 9.17) is 5.11 Å². The minimum absolute atomic E-state index is 0.0715. The van der Waals surface area contributed by atoms with Crippen molar-refractivity contribution in [1.82, 2.24) is 5.32 Å². The molecule has 2 N–H and O–H groups in total. The van der Waals surface area contributed by atoms with Gasteiger partial charge in [0.15, 0.2) is 0 Å². The first kappa shape index (κ1) is 15.9. The van der Waals surface area contributed by atoms with E-state index in [0.29, 0.717) is 6.42 Å². The van der Waals surface area contributed by atoms with E-state index in [1.807, 2.05) is 0 Å². The Morgan fingerprint density at radius 2 is 1.65 bits per heavy atom. The molecule has 0 aliphatic heterocycles. The Morgan fingerprint density at radius 1 is 1.12 bits per heavy atom. The smallest absolute Gasteiger partial charge is 0.311 e. The van der Waals surface area contributed by atoms with Crippen molar-refractivity contribution in [2.75, 3.05) is 0 Å². The van der Waals surface area contributed by atoms with E-state index in [1.165, 1.54) is 0 Å². The number of hydrogen-bond acceptors (Lipinski definition) is 2. The van der Waals surface area contributed by atoms with E-state index in [-0.39, 0.29) is 5.91 Å². The van der Waals surface area contributed by atoms with Gasteiger partial charge in [-0.2, -0.15) is 0 Å². The standard InChI is InChI=1S/C13H25NO3/c1-6-7-8-9-10(15)14-13(4,5)12(2,3)11(16)17/h6-9H2,1-5H3,(H,14,15)(H,16,17). The van der Waals surface area contributed by atoms with Crippen LogP contribution in [-0.2, 0) is 9.59 Å². The zero-order chi connectivity index (χ0) is 13.7. The minimum Gasteiger partial charge on any atom is -0.481 e. The van der Waals surface area contributed by atoms with E-state index in [1.54, 1.807) is 27.7 Å². The number of amides is 1. The van der Waals surface area contributed by atoms with E-state index in [0.717, 1.165) is 19.3 Å². The molecule has 0 aromatic carbocycles. The number of nitrogens with one attached hydrogen (secondary N) is 1. The lowest BCUT2D eigenvalue weighted by Crippen LogP contribution is -2.56. The van der Waals surface area contributed by atoms with Crippen LogP contribution >= 0.6 is 0 Å². The zero-order valence-electron chi connectivity index (χ0n) is 11.6. The Balaban J connectivity index is 4.44. The van der Waals surface area contributed by atoms with Gasteiger partial charge >= 0.3 is 5.97 Å². The summed E-state index contributed by atoms with van der Waals surface area (Å²) in [5.41, 5.74) is -1.75. The fraction of sp³-hybridized carbons (Fsp3) is 0.846. The lowest BCUT2D eigenvalue weighted by molar-refractivity contribution is -0.151. The molecular weight excluding hydrogens is 218 g/mol. The van der Waals surface area contributed by atoms with Crippen LogP contribution in [0.5, 0.6) is 0 Å². The summed E-state index contributed by atoms with van der Waals surface area (Å²) in [6, 6.07) is 0. The van der Waals surface area contributed by atoms with Gasteiger partial charge in [0.05, 0.1) is 5.41 Å². The van der Waals surface area contributed by atoms with Gasteiger partial charge in [-0.05, 0) is 34.1 Å². The van der Waals surface area contributed by atoms with E-state index in [2.05, 4.69) is 12.2 Å². The summed E-state index contributed by atoms with van der Waals surface area (Å²) in [6.45, 7) is 8.83. The predicted octanol–water partition coefficient (Wildman–Crippen LogP) is 2.57. The molecule has 0 bridgehead atoms. The average Bonchev–Trinajstić information content (AvgIpc) is 2.16. The Kier molecular flexibility index (Phi) is 5.66. The summed E-state index contributed by atoms with van der Waals surface area (Å²) < 4.78 is 0. The second-order valence-electron chi connectivity index (χ2n) is 5.56. The minimum atomic E-state index is -0.993. The predicted molar refractivity (Wildman–Crippen MR) is 67.8 cm³/mol. The number of carboxylic acid groups (broad SMARTS) is 1. The van der Waals surface area contributed by atoms with Crippen molar-refractivity contribution in [2.45, 2.75) is 65.8 Å². The highest BCUT2D eigenvalue weighted by Crippen LogP contribution is 2.30. The first-order chi connectivity index (χ1) is 7.65. The van der Waals surface area contributed by atoms with E-state index in [9.17, 15) is 9.59 Å². The first-order valence-electron chi connectivity index (χ1n) is 6.19. The summed E-state index contributed by atoms with van der Waals surface area (Å²) in [5.74, 6) is -0.978. The molecule has 1 amide bonds. The van der Waals surface area contributed by atoms with Crippen molar-refractivity contribution >= 4 is 11.9 Å². The maximum absolute atomic E-state index is 11.7.